The van der Waals surface area contributed by atoms with Crippen LogP contribution in [0.25, 0.3) is 0 Å². The molecule has 0 aliphatic heterocycles. The molecule has 2 rings (SSSR count). The maximum Gasteiger partial charge on any atom is 0.414 e. The first-order valence-electron chi connectivity index (χ1n) is 8.65. The Morgan fingerprint density at radius 1 is 1.07 bits per heavy atom. The summed E-state index contributed by atoms with van der Waals surface area (Å²) in [7, 11) is 0. The van der Waals surface area contributed by atoms with Crippen molar-refractivity contribution in [2.75, 3.05) is 0 Å². The predicted molar refractivity (Wildman–Crippen MR) is 105 cm³/mol. The van der Waals surface area contributed by atoms with Crippen molar-refractivity contribution >= 4 is 23.2 Å². The van der Waals surface area contributed by atoms with Crippen LogP contribution >= 0.6 is 12.2 Å². The fraction of sp³-hybridized carbons (Fsp3) is 0.300. The van der Waals surface area contributed by atoms with Crippen LogP contribution in [-0.4, -0.2) is 28.4 Å². The van der Waals surface area contributed by atoms with Crippen LogP contribution in [0.15, 0.2) is 54.6 Å². The number of aliphatic hydroxyl groups excluding tert-OH is 1. The molecule has 0 saturated carbocycles. The van der Waals surface area contributed by atoms with E-state index in [0.29, 0.717) is 0 Å². The van der Waals surface area contributed by atoms with Crippen LogP contribution in [0.5, 0.6) is 0 Å². The maximum absolute atomic E-state index is 14.4. The molecule has 9 heteroatoms. The highest BCUT2D eigenvalue weighted by Gasteiger charge is 2.50. The molecule has 156 valence electrons. The van der Waals surface area contributed by atoms with Gasteiger partial charge in [-0.25, -0.2) is 4.39 Å². The molecule has 0 aliphatic rings. The molecule has 0 radical (unpaired) electrons. The SMILES string of the molecule is C[C@@H](C(O)C(F)(F)F)[C@](C)(NC(=S)NC(=O)c1ccccc1)c1ccccc1F. The molecule has 4 nitrogen and oxygen atoms in total. The van der Waals surface area contributed by atoms with Crippen molar-refractivity contribution in [3.05, 3.63) is 71.5 Å². The number of benzene rings is 2. The van der Waals surface area contributed by atoms with Crippen LogP contribution in [0, 0.1) is 11.7 Å². The monoisotopic (exact) mass is 428 g/mol. The first-order chi connectivity index (χ1) is 13.5. The number of nitrogens with one attached hydrogen (secondary N) is 2. The number of hydrogen-bond acceptors (Lipinski definition) is 3. The van der Waals surface area contributed by atoms with Crippen LogP contribution in [0.2, 0.25) is 0 Å². The normalized spacial score (nSPS) is 15.7. The van der Waals surface area contributed by atoms with E-state index in [1.165, 1.54) is 37.3 Å². The number of halogens is 4. The van der Waals surface area contributed by atoms with Gasteiger partial charge in [0, 0.05) is 17.0 Å². The summed E-state index contributed by atoms with van der Waals surface area (Å²) in [6.07, 6.45) is -7.69. The number of amides is 1. The molecule has 0 spiro atoms. The Labute approximate surface area is 170 Å². The van der Waals surface area contributed by atoms with Crippen molar-refractivity contribution in [1.29, 1.82) is 0 Å². The zero-order valence-corrected chi connectivity index (χ0v) is 16.4. The molecule has 3 N–H and O–H groups in total. The molecule has 3 atom stereocenters. The van der Waals surface area contributed by atoms with Crippen molar-refractivity contribution in [3.8, 4) is 0 Å². The fourth-order valence-electron chi connectivity index (χ4n) is 2.94. The summed E-state index contributed by atoms with van der Waals surface area (Å²) in [5, 5.41) is 14.5. The van der Waals surface area contributed by atoms with Gasteiger partial charge in [-0.2, -0.15) is 13.2 Å². The lowest BCUT2D eigenvalue weighted by Gasteiger charge is -2.40. The zero-order chi connectivity index (χ0) is 21.8. The second-order valence-electron chi connectivity index (χ2n) is 6.73. The molecule has 29 heavy (non-hydrogen) atoms. The van der Waals surface area contributed by atoms with E-state index in [2.05, 4.69) is 10.6 Å². The number of aliphatic hydroxyl groups is 1. The minimum atomic E-state index is -4.93. The lowest BCUT2D eigenvalue weighted by atomic mass is 9.77. The number of alkyl halides is 3. The third kappa shape index (κ3) is 5.30. The molecule has 2 aromatic rings. The fourth-order valence-corrected chi connectivity index (χ4v) is 3.24. The second-order valence-corrected chi connectivity index (χ2v) is 7.14. The molecular formula is C20H20F4N2O2S. The first-order valence-corrected chi connectivity index (χ1v) is 9.06. The summed E-state index contributed by atoms with van der Waals surface area (Å²) >= 11 is 5.09. The summed E-state index contributed by atoms with van der Waals surface area (Å²) in [5.41, 5.74) is -1.62. The van der Waals surface area contributed by atoms with E-state index in [9.17, 15) is 27.5 Å². The molecule has 0 aromatic heterocycles. The van der Waals surface area contributed by atoms with Gasteiger partial charge >= 0.3 is 6.18 Å². The summed E-state index contributed by atoms with van der Waals surface area (Å²) < 4.78 is 53.9. The number of hydrogen-bond donors (Lipinski definition) is 3. The van der Waals surface area contributed by atoms with E-state index in [4.69, 9.17) is 12.2 Å². The Balaban J connectivity index is 2.34. The summed E-state index contributed by atoms with van der Waals surface area (Å²) in [4.78, 5) is 12.3. The largest absolute Gasteiger partial charge is 0.414 e. The molecule has 2 aromatic carbocycles. The number of rotatable bonds is 5. The van der Waals surface area contributed by atoms with Crippen molar-refractivity contribution in [2.24, 2.45) is 5.92 Å². The number of thiocarbonyl (C=S) groups is 1. The van der Waals surface area contributed by atoms with Gasteiger partial charge in [0.25, 0.3) is 5.91 Å². The maximum atomic E-state index is 14.4. The highest BCUT2D eigenvalue weighted by molar-refractivity contribution is 7.80. The molecular weight excluding hydrogens is 408 g/mol. The van der Waals surface area contributed by atoms with Gasteiger partial charge in [0.2, 0.25) is 0 Å². The first kappa shape index (κ1) is 22.8. The topological polar surface area (TPSA) is 61.4 Å². The standard InChI is InChI=1S/C20H20F4N2O2S/c1-12(16(27)20(22,23)24)19(2,14-10-6-7-11-15(14)21)26-18(29)25-17(28)13-8-4-3-5-9-13/h3-12,16,27H,1-2H3,(H2,25,26,28,29)/t12-,16?,19-/m0/s1. The van der Waals surface area contributed by atoms with Crippen LogP contribution in [-0.2, 0) is 5.54 Å². The summed E-state index contributed by atoms with van der Waals surface area (Å²) in [6, 6.07) is 13.3. The van der Waals surface area contributed by atoms with E-state index in [0.717, 1.165) is 13.0 Å². The van der Waals surface area contributed by atoms with E-state index < -0.39 is 35.5 Å². The number of carbonyl (C=O) groups is 1. The lowest BCUT2D eigenvalue weighted by molar-refractivity contribution is -0.224. The Morgan fingerprint density at radius 2 is 1.62 bits per heavy atom. The van der Waals surface area contributed by atoms with Crippen molar-refractivity contribution in [1.82, 2.24) is 10.6 Å². The predicted octanol–water partition coefficient (Wildman–Crippen LogP) is 3.90. The summed E-state index contributed by atoms with van der Waals surface area (Å²) in [5.74, 6) is -2.91. The quantitative estimate of drug-likeness (QED) is 0.499. The molecule has 1 unspecified atom stereocenters. The molecule has 0 aliphatic carbocycles. The van der Waals surface area contributed by atoms with E-state index >= 15 is 0 Å². The van der Waals surface area contributed by atoms with E-state index in [1.807, 2.05) is 0 Å². The van der Waals surface area contributed by atoms with Gasteiger partial charge in [-0.15, -0.1) is 0 Å². The van der Waals surface area contributed by atoms with Gasteiger partial charge < -0.3 is 10.4 Å². The average molecular weight is 428 g/mol. The van der Waals surface area contributed by atoms with Crippen molar-refractivity contribution in [2.45, 2.75) is 31.7 Å². The van der Waals surface area contributed by atoms with Crippen LogP contribution in [0.1, 0.15) is 29.8 Å². The minimum absolute atomic E-state index is 0.132. The Hall–Kier alpha value is -2.52. The minimum Gasteiger partial charge on any atom is -0.383 e. The van der Waals surface area contributed by atoms with E-state index in [1.54, 1.807) is 18.2 Å². The van der Waals surface area contributed by atoms with Gasteiger partial charge in [0.15, 0.2) is 11.2 Å². The van der Waals surface area contributed by atoms with Crippen LogP contribution in [0.4, 0.5) is 17.6 Å². The van der Waals surface area contributed by atoms with Gasteiger partial charge in [-0.3, -0.25) is 10.1 Å². The third-order valence-electron chi connectivity index (χ3n) is 4.79. The lowest BCUT2D eigenvalue weighted by Crippen LogP contribution is -2.57. The average Bonchev–Trinajstić information content (AvgIpc) is 2.66. The third-order valence-corrected chi connectivity index (χ3v) is 4.99. The second kappa shape index (κ2) is 8.87. The van der Waals surface area contributed by atoms with Gasteiger partial charge in [-0.05, 0) is 37.3 Å². The smallest absolute Gasteiger partial charge is 0.383 e. The van der Waals surface area contributed by atoms with Gasteiger partial charge in [-0.1, -0.05) is 43.3 Å². The van der Waals surface area contributed by atoms with Crippen molar-refractivity contribution in [3.63, 3.8) is 0 Å². The molecule has 0 fully saturated rings. The Kier molecular flexibility index (Phi) is 6.97. The Morgan fingerprint density at radius 3 is 2.17 bits per heavy atom. The van der Waals surface area contributed by atoms with E-state index in [-0.39, 0.29) is 16.2 Å². The highest BCUT2D eigenvalue weighted by Crippen LogP contribution is 2.38. The molecule has 0 bridgehead atoms. The molecule has 0 saturated heterocycles. The van der Waals surface area contributed by atoms with Gasteiger partial charge in [0.05, 0.1) is 5.54 Å². The molecule has 0 heterocycles. The Bertz CT molecular complexity index is 876. The van der Waals surface area contributed by atoms with Crippen LogP contribution < -0.4 is 10.6 Å². The van der Waals surface area contributed by atoms with Gasteiger partial charge in [0.1, 0.15) is 5.82 Å². The van der Waals surface area contributed by atoms with Crippen molar-refractivity contribution < 1.29 is 27.5 Å². The number of carbonyl (C=O) groups excluding carboxylic acids is 1. The summed E-state index contributed by atoms with van der Waals surface area (Å²) in [6.45, 7) is 2.41. The molecule has 1 amide bonds. The zero-order valence-electron chi connectivity index (χ0n) is 15.6. The van der Waals surface area contributed by atoms with Crippen LogP contribution in [0.3, 0.4) is 0 Å². The highest BCUT2D eigenvalue weighted by atomic mass is 32.1.